The number of hydrogen-bond acceptors (Lipinski definition) is 2. The predicted molar refractivity (Wildman–Crippen MR) is 57.2 cm³/mol. The van der Waals surface area contributed by atoms with Crippen molar-refractivity contribution in [2.45, 2.75) is 6.54 Å². The van der Waals surface area contributed by atoms with Gasteiger partial charge in [-0.1, -0.05) is 6.07 Å². The van der Waals surface area contributed by atoms with E-state index >= 15 is 0 Å². The molecule has 84 valence electrons. The summed E-state index contributed by atoms with van der Waals surface area (Å²) in [6.45, 7) is 0.322. The molecule has 0 radical (unpaired) electrons. The van der Waals surface area contributed by atoms with Crippen LogP contribution in [0.4, 0.5) is 14.7 Å². The Labute approximate surface area is 91.7 Å². The molecule has 0 aliphatic carbocycles. The maximum absolute atomic E-state index is 13.4. The molecule has 0 unspecified atom stereocenters. The Bertz CT molecular complexity index is 494. The first-order valence-electron chi connectivity index (χ1n) is 4.83. The van der Waals surface area contributed by atoms with Crippen molar-refractivity contribution in [2.75, 3.05) is 12.4 Å². The zero-order valence-electron chi connectivity index (χ0n) is 8.74. The summed E-state index contributed by atoms with van der Waals surface area (Å²) in [6, 6.07) is 3.56. The van der Waals surface area contributed by atoms with E-state index in [-0.39, 0.29) is 0 Å². The molecule has 0 amide bonds. The highest BCUT2D eigenvalue weighted by Crippen LogP contribution is 2.13. The minimum Gasteiger partial charge on any atom is -0.359 e. The van der Waals surface area contributed by atoms with Crippen LogP contribution in [0.15, 0.2) is 30.6 Å². The van der Waals surface area contributed by atoms with Gasteiger partial charge in [0.25, 0.3) is 0 Å². The molecule has 1 aromatic carbocycles. The molecular weight excluding hydrogens is 212 g/mol. The van der Waals surface area contributed by atoms with Crippen molar-refractivity contribution >= 4 is 5.95 Å². The molecular formula is C11H11F2N3. The molecule has 16 heavy (non-hydrogen) atoms. The number of benzene rings is 1. The maximum atomic E-state index is 13.4. The van der Waals surface area contributed by atoms with Crippen LogP contribution in [-0.2, 0) is 6.54 Å². The number of nitrogens with one attached hydrogen (secondary N) is 1. The van der Waals surface area contributed by atoms with Gasteiger partial charge in [0.1, 0.15) is 11.6 Å². The summed E-state index contributed by atoms with van der Waals surface area (Å²) in [4.78, 5) is 4.03. The second kappa shape index (κ2) is 4.30. The predicted octanol–water partition coefficient (Wildman–Crippen LogP) is 2.25. The van der Waals surface area contributed by atoms with Gasteiger partial charge in [0.15, 0.2) is 0 Å². The van der Waals surface area contributed by atoms with Crippen molar-refractivity contribution in [3.05, 3.63) is 47.8 Å². The standard InChI is InChI=1S/C11H11F2N3/c1-14-11-15-4-5-16(11)7-8-2-3-9(12)6-10(8)13/h2-6H,7H2,1H3,(H,14,15). The Hall–Kier alpha value is -1.91. The summed E-state index contributed by atoms with van der Waals surface area (Å²) in [5.41, 5.74) is 0.427. The van der Waals surface area contributed by atoms with E-state index in [0.29, 0.717) is 18.1 Å². The second-order valence-electron chi connectivity index (χ2n) is 3.36. The van der Waals surface area contributed by atoms with E-state index in [4.69, 9.17) is 0 Å². The van der Waals surface area contributed by atoms with E-state index in [1.807, 2.05) is 0 Å². The Balaban J connectivity index is 2.27. The first kappa shape index (κ1) is 10.6. The smallest absolute Gasteiger partial charge is 0.202 e. The highest BCUT2D eigenvalue weighted by molar-refractivity contribution is 5.27. The van der Waals surface area contributed by atoms with Gasteiger partial charge in [0.05, 0.1) is 6.54 Å². The fourth-order valence-corrected chi connectivity index (χ4v) is 1.50. The molecule has 0 aliphatic rings. The van der Waals surface area contributed by atoms with E-state index in [1.54, 1.807) is 24.0 Å². The summed E-state index contributed by atoms with van der Waals surface area (Å²) in [5, 5.41) is 2.88. The topological polar surface area (TPSA) is 29.9 Å². The average Bonchev–Trinajstić information content (AvgIpc) is 2.69. The molecule has 0 bridgehead atoms. The second-order valence-corrected chi connectivity index (χ2v) is 3.36. The first-order valence-corrected chi connectivity index (χ1v) is 4.83. The summed E-state index contributed by atoms with van der Waals surface area (Å²) < 4.78 is 27.8. The van der Waals surface area contributed by atoms with E-state index in [2.05, 4.69) is 10.3 Å². The zero-order valence-corrected chi connectivity index (χ0v) is 8.74. The van der Waals surface area contributed by atoms with Gasteiger partial charge in [-0.05, 0) is 6.07 Å². The van der Waals surface area contributed by atoms with Crippen molar-refractivity contribution in [3.8, 4) is 0 Å². The van der Waals surface area contributed by atoms with Crippen LogP contribution in [0.1, 0.15) is 5.56 Å². The van der Waals surface area contributed by atoms with Gasteiger partial charge in [0.2, 0.25) is 5.95 Å². The molecule has 5 heteroatoms. The molecule has 0 fully saturated rings. The van der Waals surface area contributed by atoms with Gasteiger partial charge < -0.3 is 9.88 Å². The Morgan fingerprint density at radius 3 is 2.88 bits per heavy atom. The van der Waals surface area contributed by atoms with Gasteiger partial charge >= 0.3 is 0 Å². The molecule has 0 aliphatic heterocycles. The van der Waals surface area contributed by atoms with Crippen LogP contribution in [0.3, 0.4) is 0 Å². The van der Waals surface area contributed by atoms with Crippen LogP contribution in [0.5, 0.6) is 0 Å². The van der Waals surface area contributed by atoms with E-state index in [9.17, 15) is 8.78 Å². The SMILES string of the molecule is CNc1nccn1Cc1ccc(F)cc1F. The number of anilines is 1. The summed E-state index contributed by atoms with van der Waals surface area (Å²) >= 11 is 0. The van der Waals surface area contributed by atoms with Gasteiger partial charge in [-0.2, -0.15) is 0 Å². The van der Waals surface area contributed by atoms with Crippen molar-refractivity contribution in [3.63, 3.8) is 0 Å². The van der Waals surface area contributed by atoms with Crippen LogP contribution in [-0.4, -0.2) is 16.6 Å². The highest BCUT2D eigenvalue weighted by Gasteiger charge is 2.06. The van der Waals surface area contributed by atoms with Crippen LogP contribution >= 0.6 is 0 Å². The van der Waals surface area contributed by atoms with Gasteiger partial charge in [-0.15, -0.1) is 0 Å². The van der Waals surface area contributed by atoms with Gasteiger partial charge in [-0.25, -0.2) is 13.8 Å². The summed E-state index contributed by atoms with van der Waals surface area (Å²) in [6.07, 6.45) is 3.35. The van der Waals surface area contributed by atoms with Gasteiger partial charge in [0, 0.05) is 31.1 Å². The van der Waals surface area contributed by atoms with Crippen LogP contribution in [0, 0.1) is 11.6 Å². The van der Waals surface area contributed by atoms with Crippen molar-refractivity contribution < 1.29 is 8.78 Å². The van der Waals surface area contributed by atoms with Gasteiger partial charge in [-0.3, -0.25) is 0 Å². The molecule has 2 rings (SSSR count). The zero-order chi connectivity index (χ0) is 11.5. The maximum Gasteiger partial charge on any atom is 0.202 e. The molecule has 1 heterocycles. The minimum atomic E-state index is -0.569. The minimum absolute atomic E-state index is 0.322. The molecule has 3 nitrogen and oxygen atoms in total. The van der Waals surface area contributed by atoms with Crippen LogP contribution in [0.25, 0.3) is 0 Å². The molecule has 0 atom stereocenters. The molecule has 0 saturated carbocycles. The highest BCUT2D eigenvalue weighted by atomic mass is 19.1. The average molecular weight is 223 g/mol. The number of imidazole rings is 1. The van der Waals surface area contributed by atoms with E-state index < -0.39 is 11.6 Å². The van der Waals surface area contributed by atoms with Crippen molar-refractivity contribution in [1.82, 2.24) is 9.55 Å². The Morgan fingerprint density at radius 1 is 1.38 bits per heavy atom. The lowest BCUT2D eigenvalue weighted by atomic mass is 10.2. The normalized spacial score (nSPS) is 10.4. The molecule has 0 saturated heterocycles. The number of rotatable bonds is 3. The monoisotopic (exact) mass is 223 g/mol. The molecule has 1 N–H and O–H groups in total. The summed E-state index contributed by atoms with van der Waals surface area (Å²) in [7, 11) is 1.74. The fourth-order valence-electron chi connectivity index (χ4n) is 1.50. The third-order valence-corrected chi connectivity index (χ3v) is 2.29. The number of halogens is 2. The lowest BCUT2D eigenvalue weighted by molar-refractivity contribution is 0.566. The van der Waals surface area contributed by atoms with E-state index in [0.717, 1.165) is 6.07 Å². The van der Waals surface area contributed by atoms with Crippen molar-refractivity contribution in [1.29, 1.82) is 0 Å². The third kappa shape index (κ3) is 2.03. The molecule has 1 aromatic heterocycles. The lowest BCUT2D eigenvalue weighted by Crippen LogP contribution is -2.05. The van der Waals surface area contributed by atoms with Crippen LogP contribution < -0.4 is 5.32 Å². The quantitative estimate of drug-likeness (QED) is 0.864. The Morgan fingerprint density at radius 2 is 2.19 bits per heavy atom. The number of hydrogen-bond donors (Lipinski definition) is 1. The van der Waals surface area contributed by atoms with Crippen LogP contribution in [0.2, 0.25) is 0 Å². The first-order chi connectivity index (χ1) is 7.70. The molecule has 2 aromatic rings. The number of nitrogens with zero attached hydrogens (tertiary/aromatic N) is 2. The largest absolute Gasteiger partial charge is 0.359 e. The number of aromatic nitrogens is 2. The Kier molecular flexibility index (Phi) is 2.85. The summed E-state index contributed by atoms with van der Waals surface area (Å²) in [5.74, 6) is -0.472. The molecule has 0 spiro atoms. The van der Waals surface area contributed by atoms with Crippen molar-refractivity contribution in [2.24, 2.45) is 0 Å². The lowest BCUT2D eigenvalue weighted by Gasteiger charge is -2.07. The van der Waals surface area contributed by atoms with E-state index in [1.165, 1.54) is 12.1 Å². The fraction of sp³-hybridized carbons (Fsp3) is 0.182. The third-order valence-electron chi connectivity index (χ3n) is 2.29.